The van der Waals surface area contributed by atoms with Crippen LogP contribution in [0.25, 0.3) is 31.8 Å². The summed E-state index contributed by atoms with van der Waals surface area (Å²) in [6, 6.07) is 12.3. The molecule has 1 aromatic carbocycles. The molecule has 2 aliphatic heterocycles. The number of phosphoric acid groups is 3. The fourth-order valence-corrected chi connectivity index (χ4v) is 10.1. The number of fused-ring (bicyclic) bond motifs is 3. The number of nitrogen functional groups attached to an aromatic ring is 1. The van der Waals surface area contributed by atoms with E-state index in [0.29, 0.717) is 23.9 Å². The van der Waals surface area contributed by atoms with E-state index in [0.717, 1.165) is 31.8 Å². The van der Waals surface area contributed by atoms with E-state index in [-0.39, 0.29) is 36.8 Å². The monoisotopic (exact) mass is 880 g/mol. The largest absolute Gasteiger partial charge is 0.756 e. The summed E-state index contributed by atoms with van der Waals surface area (Å²) in [5.74, 6) is 5.75. The molecule has 1 amide bonds. The Morgan fingerprint density at radius 3 is 2.67 bits per heavy atom. The Labute approximate surface area is 334 Å². The van der Waals surface area contributed by atoms with Crippen LogP contribution in [0, 0.1) is 11.8 Å². The zero-order valence-electron chi connectivity index (χ0n) is 31.1. The Morgan fingerprint density at radius 2 is 1.93 bits per heavy atom. The average molecular weight is 881 g/mol. The first-order valence-corrected chi connectivity index (χ1v) is 22.6. The van der Waals surface area contributed by atoms with Gasteiger partial charge in [0, 0.05) is 50.5 Å². The summed E-state index contributed by atoms with van der Waals surface area (Å²) in [6.07, 6.45) is -0.0105. The molecule has 0 spiro atoms. The summed E-state index contributed by atoms with van der Waals surface area (Å²) in [6.45, 7) is -0.208. The maximum atomic E-state index is 12.7. The smallest absolute Gasteiger partial charge is 0.487 e. The summed E-state index contributed by atoms with van der Waals surface area (Å²) in [7, 11) is -11.1. The average Bonchev–Trinajstić information content (AvgIpc) is 3.69. The Morgan fingerprint density at radius 1 is 1.16 bits per heavy atom. The molecule has 4 heterocycles. The maximum absolute atomic E-state index is 12.7. The number of nitrogens with two attached hydrogens (primary N) is 1. The van der Waals surface area contributed by atoms with E-state index in [1.54, 1.807) is 17.5 Å². The first kappa shape index (κ1) is 43.4. The lowest BCUT2D eigenvalue weighted by Crippen LogP contribution is -2.26. The van der Waals surface area contributed by atoms with Gasteiger partial charge in [-0.3, -0.25) is 13.9 Å². The third kappa shape index (κ3) is 10.9. The van der Waals surface area contributed by atoms with Gasteiger partial charge in [0.2, 0.25) is 11.3 Å². The molecule has 3 unspecified atom stereocenters. The van der Waals surface area contributed by atoms with Gasteiger partial charge in [-0.25, -0.2) is 33.0 Å². The minimum atomic E-state index is -5.82. The molecule has 1 aliphatic carbocycles. The summed E-state index contributed by atoms with van der Waals surface area (Å²) in [5, 5.41) is 14.9. The van der Waals surface area contributed by atoms with Crippen LogP contribution in [0.5, 0.6) is 0 Å². The number of hydrogen-bond acceptors (Lipinski definition) is 16. The van der Waals surface area contributed by atoms with Crippen LogP contribution in [-0.4, -0.2) is 98.3 Å². The fourth-order valence-electron chi connectivity index (χ4n) is 6.02. The Kier molecular flexibility index (Phi) is 13.2. The molecule has 7 N–H and O–H groups in total. The van der Waals surface area contributed by atoms with Crippen LogP contribution in [-0.2, 0) is 36.4 Å². The highest BCUT2D eigenvalue weighted by molar-refractivity contribution is 7.66. The highest BCUT2D eigenvalue weighted by Crippen LogP contribution is 2.65. The van der Waals surface area contributed by atoms with Gasteiger partial charge >= 0.3 is 15.6 Å². The summed E-state index contributed by atoms with van der Waals surface area (Å²) < 4.78 is 56.7. The number of amides is 1. The first-order chi connectivity index (χ1) is 27.3. The number of anilines is 2. The second kappa shape index (κ2) is 17.6. The Bertz CT molecular complexity index is 2600. The number of carbonyl (C=O) groups excluding carboxylic acids is 1. The number of nitrogens with zero attached hydrogens (tertiary/aromatic N) is 6. The molecular weight excluding hydrogens is 841 g/mol. The maximum Gasteiger partial charge on any atom is 0.487 e. The Balaban J connectivity index is 1.02. The van der Waals surface area contributed by atoms with Crippen LogP contribution in [0.3, 0.4) is 0 Å². The number of ether oxygens (including phenoxy) is 1. The fraction of sp³-hybridized carbons (Fsp3) is 0.364. The Hall–Kier alpha value is -4.16. The van der Waals surface area contributed by atoms with Crippen molar-refractivity contribution in [1.29, 1.82) is 0 Å². The second-order valence-electron chi connectivity index (χ2n) is 13.2. The summed E-state index contributed by atoms with van der Waals surface area (Å²) in [5.41, 5.74) is 9.67. The molecule has 1 saturated heterocycles. The van der Waals surface area contributed by atoms with E-state index in [9.17, 15) is 38.3 Å². The lowest BCUT2D eigenvalue weighted by molar-refractivity contribution is -0.212. The number of hydrogen-bond donors (Lipinski definition) is 6. The lowest BCUT2D eigenvalue weighted by atomic mass is 10.2. The molecule has 0 bridgehead atoms. The van der Waals surface area contributed by atoms with Gasteiger partial charge < -0.3 is 49.9 Å². The normalized spacial score (nSPS) is 19.9. The lowest BCUT2D eigenvalue weighted by Gasteiger charge is -2.21. The van der Waals surface area contributed by atoms with Crippen molar-refractivity contribution >= 4 is 73.5 Å². The number of aliphatic hydroxyl groups excluding tert-OH is 1. The van der Waals surface area contributed by atoms with Crippen LogP contribution < -0.4 is 30.8 Å². The number of aliphatic hydroxyl groups is 1. The number of nitrogens with one attached hydrogen (secondary N) is 1. The molecule has 21 nitrogen and oxygen atoms in total. The molecule has 2 aromatic heterocycles. The quantitative estimate of drug-likeness (QED) is 0.0399. The molecule has 6 atom stereocenters. The van der Waals surface area contributed by atoms with Crippen molar-refractivity contribution in [3.63, 3.8) is 0 Å². The highest BCUT2D eigenvalue weighted by Gasteiger charge is 2.41. The molecule has 3 aromatic rings. The predicted octanol–water partition coefficient (Wildman–Crippen LogP) is 1.50. The third-order valence-corrected chi connectivity index (χ3v) is 13.6. The number of benzene rings is 2. The number of rotatable bonds is 14. The van der Waals surface area contributed by atoms with Crippen molar-refractivity contribution < 1.29 is 61.1 Å². The van der Waals surface area contributed by atoms with E-state index >= 15 is 0 Å². The van der Waals surface area contributed by atoms with Gasteiger partial charge in [0.25, 0.3) is 7.82 Å². The standard InChI is InChI=1S/C33H39N8O13P3S/c1-39(2)21-8-10-23-27(14-21)58-28-15-22(9-11-24(28)38-23)40(3)13-5-7-29(43)35-12-4-6-20-17-41(33-31(20)32(34)36-19-37-33)30-16-25(42)26(52-30)18-51-56(47,48)54-57(49,50)53-55(44,45)46/h8-11,14-15,17,19,25-26,30,42H,5,7,12-13,16,18H2,1-3H3,(H6-,34,35,36,37,43,44,45,46,47,48,49,50)/t25-,26+,30+/m0/s1. The van der Waals surface area contributed by atoms with E-state index in [1.165, 1.54) is 10.9 Å². The van der Waals surface area contributed by atoms with Gasteiger partial charge in [-0.1, -0.05) is 11.8 Å². The first-order valence-electron chi connectivity index (χ1n) is 17.3. The van der Waals surface area contributed by atoms with E-state index in [4.69, 9.17) is 20.3 Å². The molecule has 3 aliphatic rings. The van der Waals surface area contributed by atoms with Crippen molar-refractivity contribution in [1.82, 2.24) is 29.4 Å². The van der Waals surface area contributed by atoms with Gasteiger partial charge in [-0.05, 0) is 30.7 Å². The second-order valence-corrected chi connectivity index (χ2v) is 18.7. The molecule has 58 heavy (non-hydrogen) atoms. The van der Waals surface area contributed by atoms with Crippen molar-refractivity contribution in [2.75, 3.05) is 51.5 Å². The zero-order chi connectivity index (χ0) is 42.0. The van der Waals surface area contributed by atoms with Gasteiger partial charge in [-0.15, -0.1) is 11.3 Å². The van der Waals surface area contributed by atoms with Crippen LogP contribution in [0.2, 0.25) is 0 Å². The van der Waals surface area contributed by atoms with Crippen molar-refractivity contribution in [3.8, 4) is 22.4 Å². The zero-order valence-corrected chi connectivity index (χ0v) is 34.6. The third-order valence-electron chi connectivity index (χ3n) is 8.77. The molecule has 25 heteroatoms. The number of phosphoric ester groups is 1. The van der Waals surface area contributed by atoms with Gasteiger partial charge in [0.15, 0.2) is 0 Å². The van der Waals surface area contributed by atoms with Crippen molar-refractivity contribution in [2.24, 2.45) is 0 Å². The minimum absolute atomic E-state index is 0.0231. The number of aromatic nitrogens is 4. The van der Waals surface area contributed by atoms with Crippen LogP contribution in [0.1, 0.15) is 31.1 Å². The topological polar surface area (TPSA) is 297 Å². The summed E-state index contributed by atoms with van der Waals surface area (Å²) in [4.78, 5) is 67.4. The van der Waals surface area contributed by atoms with Crippen molar-refractivity contribution in [3.05, 3.63) is 59.8 Å². The summed E-state index contributed by atoms with van der Waals surface area (Å²) >= 11 is 1.68. The van der Waals surface area contributed by atoms with E-state index in [2.05, 4.69) is 61.9 Å². The van der Waals surface area contributed by atoms with E-state index in [1.807, 2.05) is 45.4 Å². The van der Waals surface area contributed by atoms with Crippen LogP contribution in [0.4, 0.5) is 11.5 Å². The molecular formula is C33H39N8O13P3S. The molecule has 0 saturated carbocycles. The predicted molar refractivity (Wildman–Crippen MR) is 210 cm³/mol. The van der Waals surface area contributed by atoms with Gasteiger partial charge in [-0.2, -0.15) is 4.31 Å². The van der Waals surface area contributed by atoms with Crippen molar-refractivity contribution in [2.45, 2.75) is 37.7 Å². The SMILES string of the molecule is CN(CCCC(=O)NCC#Cc1cn([C@H]2C[C@H](O)[C@@H](COP(=O)(O)OP(=O)(O)OP(=O)([O-])O)O2)c2ncnc(N)c12)c1ccc2nc3ccc(=[N+](C)C)cc-3sc2c1. The van der Waals surface area contributed by atoms with Gasteiger partial charge in [0.1, 0.15) is 44.2 Å². The highest BCUT2D eigenvalue weighted by atomic mass is 32.1. The molecule has 0 radical (unpaired) electrons. The molecule has 310 valence electrons. The van der Waals surface area contributed by atoms with E-state index < -0.39 is 48.5 Å². The molecule has 1 fully saturated rings. The van der Waals surface area contributed by atoms with Crippen LogP contribution in [0.15, 0.2) is 48.9 Å². The number of carbonyl (C=O) groups is 1. The van der Waals surface area contributed by atoms with Gasteiger partial charge in [0.05, 0.1) is 51.0 Å². The van der Waals surface area contributed by atoms with Crippen LogP contribution >= 0.6 is 34.8 Å². The minimum Gasteiger partial charge on any atom is -0.756 e. The molecule has 6 rings (SSSR count).